The van der Waals surface area contributed by atoms with Crippen molar-refractivity contribution >= 4 is 38.6 Å². The number of aromatic nitrogens is 2. The normalized spacial score (nSPS) is 12.7. The summed E-state index contributed by atoms with van der Waals surface area (Å²) < 4.78 is 13.6. The first-order valence-electron chi connectivity index (χ1n) is 8.37. The van der Waals surface area contributed by atoms with Crippen LogP contribution in [0.5, 0.6) is 11.5 Å². The Labute approximate surface area is 163 Å². The molecule has 0 aliphatic carbocycles. The summed E-state index contributed by atoms with van der Waals surface area (Å²) in [7, 11) is 0. The van der Waals surface area contributed by atoms with Crippen LogP contribution in [0.25, 0.3) is 10.9 Å². The summed E-state index contributed by atoms with van der Waals surface area (Å²) >= 11 is 5.14. The minimum Gasteiger partial charge on any atom is -0.454 e. The Balaban J connectivity index is 1.69. The lowest BCUT2D eigenvalue weighted by Crippen LogP contribution is -2.23. The van der Waals surface area contributed by atoms with Crippen LogP contribution < -0.4 is 15.0 Å². The van der Waals surface area contributed by atoms with E-state index < -0.39 is 0 Å². The van der Waals surface area contributed by atoms with E-state index in [4.69, 9.17) is 14.5 Å². The lowest BCUT2D eigenvalue weighted by atomic mass is 10.2. The van der Waals surface area contributed by atoms with Crippen LogP contribution in [0, 0.1) is 0 Å². The number of halogens is 1. The van der Waals surface area contributed by atoms with Gasteiger partial charge in [-0.15, -0.1) is 0 Å². The van der Waals surface area contributed by atoms with Crippen LogP contribution in [0.1, 0.15) is 18.9 Å². The highest BCUT2D eigenvalue weighted by Gasteiger charge is 2.17. The highest BCUT2D eigenvalue weighted by atomic mass is 79.9. The molecular weight excluding hydrogens is 416 g/mol. The Bertz CT molecular complexity index is 1040. The van der Waals surface area contributed by atoms with Crippen molar-refractivity contribution in [2.45, 2.75) is 30.8 Å². The predicted molar refractivity (Wildman–Crippen MR) is 106 cm³/mol. The van der Waals surface area contributed by atoms with Gasteiger partial charge in [0.15, 0.2) is 16.7 Å². The van der Waals surface area contributed by atoms with Gasteiger partial charge in [-0.2, -0.15) is 0 Å². The average Bonchev–Trinajstić information content (AvgIpc) is 3.09. The van der Waals surface area contributed by atoms with E-state index in [1.807, 2.05) is 36.4 Å². The van der Waals surface area contributed by atoms with E-state index in [9.17, 15) is 4.79 Å². The molecule has 0 N–H and O–H groups in total. The zero-order valence-electron chi connectivity index (χ0n) is 14.2. The lowest BCUT2D eigenvalue weighted by Gasteiger charge is -2.13. The van der Waals surface area contributed by atoms with E-state index in [2.05, 4.69) is 22.9 Å². The molecule has 0 atom stereocenters. The molecule has 4 rings (SSSR count). The molecule has 1 aliphatic rings. The van der Waals surface area contributed by atoms with Gasteiger partial charge in [0.1, 0.15) is 0 Å². The van der Waals surface area contributed by atoms with Gasteiger partial charge in [0.2, 0.25) is 6.79 Å². The Morgan fingerprint density at radius 2 is 2.00 bits per heavy atom. The number of rotatable bonds is 5. The van der Waals surface area contributed by atoms with E-state index in [0.29, 0.717) is 17.7 Å². The van der Waals surface area contributed by atoms with Crippen LogP contribution in [-0.4, -0.2) is 16.3 Å². The second kappa shape index (κ2) is 7.32. The Hall–Kier alpha value is -1.99. The van der Waals surface area contributed by atoms with Crippen molar-refractivity contribution in [3.63, 3.8) is 0 Å². The smallest absolute Gasteiger partial charge is 0.262 e. The molecule has 0 amide bonds. The first kappa shape index (κ1) is 17.4. The van der Waals surface area contributed by atoms with Crippen molar-refractivity contribution in [1.29, 1.82) is 0 Å². The molecule has 0 saturated heterocycles. The number of benzene rings is 2. The van der Waals surface area contributed by atoms with Crippen molar-refractivity contribution in [2.24, 2.45) is 0 Å². The van der Waals surface area contributed by atoms with Crippen LogP contribution in [0.4, 0.5) is 0 Å². The zero-order chi connectivity index (χ0) is 18.1. The zero-order valence-corrected chi connectivity index (χ0v) is 16.6. The molecule has 0 radical (unpaired) electrons. The van der Waals surface area contributed by atoms with Crippen molar-refractivity contribution < 1.29 is 9.47 Å². The molecule has 0 saturated carbocycles. The Morgan fingerprint density at radius 1 is 1.23 bits per heavy atom. The van der Waals surface area contributed by atoms with Gasteiger partial charge in [0.25, 0.3) is 5.56 Å². The van der Waals surface area contributed by atoms with Gasteiger partial charge in [-0.05, 0) is 36.2 Å². The third-order valence-corrected chi connectivity index (χ3v) is 5.94. The maximum absolute atomic E-state index is 12.8. The van der Waals surface area contributed by atoms with Crippen molar-refractivity contribution in [1.82, 2.24) is 9.55 Å². The molecule has 1 aromatic heterocycles. The van der Waals surface area contributed by atoms with Gasteiger partial charge in [-0.25, -0.2) is 4.98 Å². The SMILES string of the molecule is CCCn1c(SCc2cc3c(cc2Br)OCO3)nc2ccccc2c1=O. The van der Waals surface area contributed by atoms with E-state index in [-0.39, 0.29) is 12.4 Å². The second-order valence-electron chi connectivity index (χ2n) is 5.95. The van der Waals surface area contributed by atoms with Crippen LogP contribution in [0.2, 0.25) is 0 Å². The lowest BCUT2D eigenvalue weighted by molar-refractivity contribution is 0.174. The van der Waals surface area contributed by atoms with Crippen molar-refractivity contribution in [3.05, 3.63) is 56.8 Å². The predicted octanol–water partition coefficient (Wildman–Crippen LogP) is 4.59. The van der Waals surface area contributed by atoms with E-state index in [1.165, 1.54) is 0 Å². The second-order valence-corrected chi connectivity index (χ2v) is 7.75. The quantitative estimate of drug-likeness (QED) is 0.435. The molecule has 7 heteroatoms. The molecule has 0 bridgehead atoms. The molecule has 2 heterocycles. The Kier molecular flexibility index (Phi) is 4.91. The number of fused-ring (bicyclic) bond motifs is 2. The Morgan fingerprint density at radius 3 is 2.81 bits per heavy atom. The number of hydrogen-bond donors (Lipinski definition) is 0. The maximum atomic E-state index is 12.8. The summed E-state index contributed by atoms with van der Waals surface area (Å²) in [6.07, 6.45) is 0.876. The summed E-state index contributed by atoms with van der Waals surface area (Å²) in [5.74, 6) is 2.17. The fraction of sp³-hybridized carbons (Fsp3) is 0.263. The molecule has 1 aliphatic heterocycles. The van der Waals surface area contributed by atoms with Crippen LogP contribution in [-0.2, 0) is 12.3 Å². The standard InChI is InChI=1S/C19H17BrN2O3S/c1-2-7-22-18(23)13-5-3-4-6-15(13)21-19(22)26-10-12-8-16-17(9-14(12)20)25-11-24-16/h3-6,8-9H,2,7,10-11H2,1H3. The fourth-order valence-corrected chi connectivity index (χ4v) is 4.56. The first-order chi connectivity index (χ1) is 12.7. The van der Waals surface area contributed by atoms with Gasteiger partial charge >= 0.3 is 0 Å². The summed E-state index contributed by atoms with van der Waals surface area (Å²) in [5.41, 5.74) is 1.83. The largest absolute Gasteiger partial charge is 0.454 e. The molecule has 26 heavy (non-hydrogen) atoms. The van der Waals surface area contributed by atoms with E-state index in [0.717, 1.165) is 38.6 Å². The van der Waals surface area contributed by atoms with Crippen LogP contribution in [0.15, 0.2) is 50.8 Å². The van der Waals surface area contributed by atoms with Crippen LogP contribution >= 0.6 is 27.7 Å². The number of nitrogens with zero attached hydrogens (tertiary/aromatic N) is 2. The fourth-order valence-electron chi connectivity index (χ4n) is 2.89. The molecule has 3 aromatic rings. The molecule has 134 valence electrons. The average molecular weight is 433 g/mol. The highest BCUT2D eigenvalue weighted by Crippen LogP contribution is 2.38. The van der Waals surface area contributed by atoms with Crippen molar-refractivity contribution in [3.8, 4) is 11.5 Å². The maximum Gasteiger partial charge on any atom is 0.262 e. The number of para-hydroxylation sites is 1. The third kappa shape index (κ3) is 3.21. The summed E-state index contributed by atoms with van der Waals surface area (Å²) in [6, 6.07) is 11.4. The number of thioether (sulfide) groups is 1. The van der Waals surface area contributed by atoms with E-state index >= 15 is 0 Å². The first-order valence-corrected chi connectivity index (χ1v) is 10.2. The molecular formula is C19H17BrN2O3S. The molecule has 0 unspecified atom stereocenters. The highest BCUT2D eigenvalue weighted by molar-refractivity contribution is 9.10. The van der Waals surface area contributed by atoms with E-state index in [1.54, 1.807) is 16.3 Å². The molecule has 0 fully saturated rings. The third-order valence-electron chi connectivity index (χ3n) is 4.17. The molecule has 0 spiro atoms. The van der Waals surface area contributed by atoms with Crippen LogP contribution in [0.3, 0.4) is 0 Å². The van der Waals surface area contributed by atoms with Gasteiger partial charge in [-0.1, -0.05) is 46.7 Å². The van der Waals surface area contributed by atoms with Gasteiger partial charge in [-0.3, -0.25) is 9.36 Å². The van der Waals surface area contributed by atoms with Gasteiger partial charge in [0.05, 0.1) is 10.9 Å². The van der Waals surface area contributed by atoms with Crippen molar-refractivity contribution in [2.75, 3.05) is 6.79 Å². The summed E-state index contributed by atoms with van der Waals surface area (Å²) in [6.45, 7) is 2.96. The number of hydrogen-bond acceptors (Lipinski definition) is 5. The topological polar surface area (TPSA) is 53.4 Å². The number of ether oxygens (including phenoxy) is 2. The van der Waals surface area contributed by atoms with Gasteiger partial charge in [0, 0.05) is 16.8 Å². The monoisotopic (exact) mass is 432 g/mol. The minimum atomic E-state index is 0.0182. The molecule has 5 nitrogen and oxygen atoms in total. The molecule has 2 aromatic carbocycles. The summed E-state index contributed by atoms with van der Waals surface area (Å²) in [4.78, 5) is 17.6. The summed E-state index contributed by atoms with van der Waals surface area (Å²) in [5, 5.41) is 1.40. The minimum absolute atomic E-state index is 0.0182. The van der Waals surface area contributed by atoms with Gasteiger partial charge < -0.3 is 9.47 Å².